The molecule has 1 aliphatic rings. The minimum atomic E-state index is 0.160. The summed E-state index contributed by atoms with van der Waals surface area (Å²) in [6, 6.07) is 3.80. The number of pyridine rings is 1. The third-order valence-corrected chi connectivity index (χ3v) is 4.32. The molecule has 0 bridgehead atoms. The van der Waals surface area contributed by atoms with Gasteiger partial charge in [-0.2, -0.15) is 0 Å². The van der Waals surface area contributed by atoms with Gasteiger partial charge in [-0.3, -0.25) is 9.78 Å². The van der Waals surface area contributed by atoms with Crippen LogP contribution in [-0.4, -0.2) is 51.9 Å². The molecule has 1 fully saturated rings. The van der Waals surface area contributed by atoms with Crippen LogP contribution in [0.25, 0.3) is 0 Å². The summed E-state index contributed by atoms with van der Waals surface area (Å²) in [7, 11) is 0. The number of anilines is 1. The first-order valence-electron chi connectivity index (χ1n) is 7.85. The molecule has 2 aromatic rings. The molecule has 1 aliphatic heterocycles. The van der Waals surface area contributed by atoms with E-state index in [2.05, 4.69) is 19.9 Å². The number of hydrogen-bond donors (Lipinski definition) is 0. The van der Waals surface area contributed by atoms with Gasteiger partial charge in [0, 0.05) is 49.8 Å². The number of hydrogen-bond acceptors (Lipinski definition) is 5. The van der Waals surface area contributed by atoms with E-state index in [1.165, 1.54) is 0 Å². The molecule has 0 aliphatic carbocycles. The molecule has 0 aromatic carbocycles. The van der Waals surface area contributed by atoms with E-state index in [1.54, 1.807) is 18.7 Å². The van der Waals surface area contributed by atoms with Crippen LogP contribution in [0.1, 0.15) is 16.8 Å². The van der Waals surface area contributed by atoms with Crippen molar-refractivity contribution in [2.24, 2.45) is 0 Å². The molecule has 1 amide bonds. The summed E-state index contributed by atoms with van der Waals surface area (Å²) in [6.07, 6.45) is 5.50. The van der Waals surface area contributed by atoms with Gasteiger partial charge >= 0.3 is 0 Å². The topological polar surface area (TPSA) is 62.2 Å². The van der Waals surface area contributed by atoms with Gasteiger partial charge in [-0.25, -0.2) is 9.97 Å². The van der Waals surface area contributed by atoms with Crippen LogP contribution >= 0.6 is 0 Å². The van der Waals surface area contributed by atoms with Crippen LogP contribution in [0.4, 0.5) is 5.82 Å². The Labute approximate surface area is 136 Å². The van der Waals surface area contributed by atoms with Gasteiger partial charge in [-0.15, -0.1) is 0 Å². The van der Waals surface area contributed by atoms with Gasteiger partial charge in [0.25, 0.3) is 0 Å². The van der Waals surface area contributed by atoms with Crippen LogP contribution in [0.3, 0.4) is 0 Å². The van der Waals surface area contributed by atoms with Gasteiger partial charge in [-0.1, -0.05) is 6.07 Å². The van der Waals surface area contributed by atoms with E-state index in [9.17, 15) is 4.79 Å². The van der Waals surface area contributed by atoms with Crippen LogP contribution in [0.15, 0.2) is 30.9 Å². The highest BCUT2D eigenvalue weighted by Crippen LogP contribution is 2.19. The summed E-state index contributed by atoms with van der Waals surface area (Å²) in [5.74, 6) is 1.14. The second kappa shape index (κ2) is 6.73. The maximum absolute atomic E-state index is 12.4. The molecule has 3 rings (SSSR count). The lowest BCUT2D eigenvalue weighted by atomic mass is 10.1. The van der Waals surface area contributed by atoms with E-state index >= 15 is 0 Å². The molecule has 3 heterocycles. The summed E-state index contributed by atoms with van der Waals surface area (Å²) < 4.78 is 0. The van der Waals surface area contributed by atoms with Crippen molar-refractivity contribution in [3.05, 3.63) is 47.7 Å². The number of carbonyl (C=O) groups is 1. The van der Waals surface area contributed by atoms with Crippen molar-refractivity contribution in [2.45, 2.75) is 20.3 Å². The Bertz CT molecular complexity index is 681. The Morgan fingerprint density at radius 1 is 1.17 bits per heavy atom. The van der Waals surface area contributed by atoms with Crippen LogP contribution in [0.2, 0.25) is 0 Å². The number of aryl methyl sites for hydroxylation is 1. The molecular weight excluding hydrogens is 290 g/mol. The van der Waals surface area contributed by atoms with E-state index in [4.69, 9.17) is 0 Å². The smallest absolute Gasteiger partial charge is 0.227 e. The number of piperazine rings is 1. The van der Waals surface area contributed by atoms with E-state index in [-0.39, 0.29) is 5.91 Å². The zero-order valence-electron chi connectivity index (χ0n) is 13.6. The quantitative estimate of drug-likeness (QED) is 0.857. The van der Waals surface area contributed by atoms with E-state index in [0.29, 0.717) is 6.42 Å². The zero-order chi connectivity index (χ0) is 16.2. The van der Waals surface area contributed by atoms with Crippen LogP contribution in [0, 0.1) is 13.8 Å². The van der Waals surface area contributed by atoms with Gasteiger partial charge in [0.2, 0.25) is 5.91 Å². The lowest BCUT2D eigenvalue weighted by Crippen LogP contribution is -2.49. The summed E-state index contributed by atoms with van der Waals surface area (Å²) in [5.41, 5.74) is 3.08. The number of nitrogens with zero attached hydrogens (tertiary/aromatic N) is 5. The van der Waals surface area contributed by atoms with Crippen molar-refractivity contribution >= 4 is 11.7 Å². The standard InChI is InChI=1S/C17H21N5O/c1-13-14(2)19-12-20-17(13)22-8-6-21(7-9-22)16(23)10-15-4-3-5-18-11-15/h3-5,11-12H,6-10H2,1-2H3. The number of rotatable bonds is 3. The fourth-order valence-corrected chi connectivity index (χ4v) is 2.80. The second-order valence-electron chi connectivity index (χ2n) is 5.81. The third-order valence-electron chi connectivity index (χ3n) is 4.32. The predicted molar refractivity (Wildman–Crippen MR) is 88.2 cm³/mol. The summed E-state index contributed by atoms with van der Waals surface area (Å²) in [6.45, 7) is 7.09. The summed E-state index contributed by atoms with van der Waals surface area (Å²) >= 11 is 0. The van der Waals surface area contributed by atoms with Crippen LogP contribution in [0.5, 0.6) is 0 Å². The van der Waals surface area contributed by atoms with Gasteiger partial charge in [0.05, 0.1) is 6.42 Å². The molecule has 0 saturated carbocycles. The molecule has 2 aromatic heterocycles. The van der Waals surface area contributed by atoms with E-state index in [0.717, 1.165) is 48.8 Å². The monoisotopic (exact) mass is 311 g/mol. The molecule has 1 saturated heterocycles. The molecule has 6 heteroatoms. The lowest BCUT2D eigenvalue weighted by Gasteiger charge is -2.36. The van der Waals surface area contributed by atoms with Crippen molar-refractivity contribution in [3.63, 3.8) is 0 Å². The first-order chi connectivity index (χ1) is 11.1. The molecule has 0 radical (unpaired) electrons. The molecule has 0 atom stereocenters. The Hall–Kier alpha value is -2.50. The van der Waals surface area contributed by atoms with Crippen molar-refractivity contribution in [1.82, 2.24) is 19.9 Å². The van der Waals surface area contributed by atoms with Crippen LogP contribution in [-0.2, 0) is 11.2 Å². The summed E-state index contributed by atoms with van der Waals surface area (Å²) in [5, 5.41) is 0. The SMILES string of the molecule is Cc1ncnc(N2CCN(C(=O)Cc3cccnc3)CC2)c1C. The highest BCUT2D eigenvalue weighted by molar-refractivity contribution is 5.79. The first-order valence-corrected chi connectivity index (χ1v) is 7.85. The fourth-order valence-electron chi connectivity index (χ4n) is 2.80. The third kappa shape index (κ3) is 3.47. The highest BCUT2D eigenvalue weighted by Gasteiger charge is 2.23. The number of amides is 1. The van der Waals surface area contributed by atoms with Gasteiger partial charge in [-0.05, 0) is 25.5 Å². The maximum Gasteiger partial charge on any atom is 0.227 e. The van der Waals surface area contributed by atoms with Gasteiger partial charge in [0.15, 0.2) is 0 Å². The number of carbonyl (C=O) groups excluding carboxylic acids is 1. The minimum Gasteiger partial charge on any atom is -0.353 e. The van der Waals surface area contributed by atoms with Crippen molar-refractivity contribution in [2.75, 3.05) is 31.1 Å². The Morgan fingerprint density at radius 2 is 1.96 bits per heavy atom. The average molecular weight is 311 g/mol. The molecule has 120 valence electrons. The van der Waals surface area contributed by atoms with Gasteiger partial charge < -0.3 is 9.80 Å². The molecule has 0 N–H and O–H groups in total. The van der Waals surface area contributed by atoms with Gasteiger partial charge in [0.1, 0.15) is 12.1 Å². The van der Waals surface area contributed by atoms with Crippen molar-refractivity contribution < 1.29 is 4.79 Å². The minimum absolute atomic E-state index is 0.160. The Morgan fingerprint density at radius 3 is 2.65 bits per heavy atom. The second-order valence-corrected chi connectivity index (χ2v) is 5.81. The molecule has 23 heavy (non-hydrogen) atoms. The lowest BCUT2D eigenvalue weighted by molar-refractivity contribution is -0.130. The van der Waals surface area contributed by atoms with E-state index < -0.39 is 0 Å². The molecule has 0 unspecified atom stereocenters. The predicted octanol–water partition coefficient (Wildman–Crippen LogP) is 1.38. The van der Waals surface area contributed by atoms with Crippen molar-refractivity contribution in [1.29, 1.82) is 0 Å². The largest absolute Gasteiger partial charge is 0.353 e. The first kappa shape index (κ1) is 15.4. The molecular formula is C17H21N5O. The fraction of sp³-hybridized carbons (Fsp3) is 0.412. The molecule has 6 nitrogen and oxygen atoms in total. The zero-order valence-corrected chi connectivity index (χ0v) is 13.6. The Kier molecular flexibility index (Phi) is 4.50. The van der Waals surface area contributed by atoms with E-state index in [1.807, 2.05) is 30.9 Å². The number of aromatic nitrogens is 3. The maximum atomic E-state index is 12.4. The molecule has 0 spiro atoms. The average Bonchev–Trinajstić information content (AvgIpc) is 2.58. The summed E-state index contributed by atoms with van der Waals surface area (Å²) in [4.78, 5) is 29.2. The highest BCUT2D eigenvalue weighted by atomic mass is 16.2. The Balaban J connectivity index is 1.60. The normalized spacial score (nSPS) is 14.9. The van der Waals surface area contributed by atoms with Crippen molar-refractivity contribution in [3.8, 4) is 0 Å². The van der Waals surface area contributed by atoms with Crippen LogP contribution < -0.4 is 4.90 Å².